The van der Waals surface area contributed by atoms with Gasteiger partial charge in [0.15, 0.2) is 5.96 Å². The van der Waals surface area contributed by atoms with Gasteiger partial charge in [0, 0.05) is 52.4 Å². The molecule has 0 radical (unpaired) electrons. The Morgan fingerprint density at radius 2 is 1.85 bits per heavy atom. The molecule has 0 bridgehead atoms. The van der Waals surface area contributed by atoms with Crippen LogP contribution in [0.15, 0.2) is 35.3 Å². The Bertz CT molecular complexity index is 502. The lowest BCUT2D eigenvalue weighted by molar-refractivity contribution is 0.0782. The first-order valence-electron chi connectivity index (χ1n) is 9.60. The van der Waals surface area contributed by atoms with Crippen molar-refractivity contribution in [1.82, 2.24) is 15.1 Å². The van der Waals surface area contributed by atoms with Crippen molar-refractivity contribution in [2.45, 2.75) is 39.8 Å². The van der Waals surface area contributed by atoms with Gasteiger partial charge < -0.3 is 15.0 Å². The van der Waals surface area contributed by atoms with E-state index in [0.29, 0.717) is 6.10 Å². The van der Waals surface area contributed by atoms with Gasteiger partial charge in [0.25, 0.3) is 0 Å². The van der Waals surface area contributed by atoms with E-state index in [1.165, 1.54) is 5.56 Å². The zero-order valence-electron chi connectivity index (χ0n) is 16.5. The molecule has 1 aliphatic heterocycles. The van der Waals surface area contributed by atoms with E-state index in [2.05, 4.69) is 66.2 Å². The van der Waals surface area contributed by atoms with Gasteiger partial charge in [-0.05, 0) is 32.8 Å². The van der Waals surface area contributed by atoms with Crippen LogP contribution in [0.25, 0.3) is 0 Å². The summed E-state index contributed by atoms with van der Waals surface area (Å²) in [7, 11) is 0. The molecule has 0 atom stereocenters. The Hall–Kier alpha value is -0.860. The van der Waals surface area contributed by atoms with Crippen LogP contribution in [0.2, 0.25) is 0 Å². The number of guanidine groups is 1. The summed E-state index contributed by atoms with van der Waals surface area (Å²) in [5.41, 5.74) is 1.39. The number of nitrogens with one attached hydrogen (secondary N) is 1. The molecule has 0 saturated carbocycles. The monoisotopic (exact) mass is 474 g/mol. The fraction of sp³-hybridized carbons (Fsp3) is 0.650. The zero-order valence-corrected chi connectivity index (χ0v) is 18.8. The van der Waals surface area contributed by atoms with Gasteiger partial charge in [0.2, 0.25) is 0 Å². The third kappa shape index (κ3) is 8.68. The van der Waals surface area contributed by atoms with Crippen LogP contribution in [0.1, 0.15) is 32.8 Å². The molecule has 1 heterocycles. The minimum atomic E-state index is 0. The van der Waals surface area contributed by atoms with Crippen LogP contribution in [-0.4, -0.2) is 67.7 Å². The summed E-state index contributed by atoms with van der Waals surface area (Å²) in [6.07, 6.45) is 1.27. The molecule has 148 valence electrons. The predicted octanol–water partition coefficient (Wildman–Crippen LogP) is 3.20. The molecule has 26 heavy (non-hydrogen) atoms. The lowest BCUT2D eigenvalue weighted by atomic mass is 10.2. The second-order valence-corrected chi connectivity index (χ2v) is 6.76. The maximum Gasteiger partial charge on any atom is 0.194 e. The fourth-order valence-corrected chi connectivity index (χ4v) is 2.95. The zero-order chi connectivity index (χ0) is 17.9. The number of hydrogen-bond donors (Lipinski definition) is 1. The molecule has 0 aromatic heterocycles. The summed E-state index contributed by atoms with van der Waals surface area (Å²) in [6.45, 7) is 14.0. The van der Waals surface area contributed by atoms with Crippen molar-refractivity contribution in [3.8, 4) is 0 Å². The van der Waals surface area contributed by atoms with E-state index in [1.54, 1.807) is 0 Å². The third-order valence-electron chi connectivity index (χ3n) is 4.27. The summed E-state index contributed by atoms with van der Waals surface area (Å²) >= 11 is 0. The van der Waals surface area contributed by atoms with Crippen molar-refractivity contribution in [2.24, 2.45) is 4.99 Å². The molecule has 0 spiro atoms. The van der Waals surface area contributed by atoms with Crippen molar-refractivity contribution >= 4 is 29.9 Å². The Morgan fingerprint density at radius 1 is 1.15 bits per heavy atom. The molecule has 1 aliphatic rings. The van der Waals surface area contributed by atoms with Crippen LogP contribution < -0.4 is 5.32 Å². The van der Waals surface area contributed by atoms with Crippen molar-refractivity contribution in [3.05, 3.63) is 35.9 Å². The smallest absolute Gasteiger partial charge is 0.194 e. The summed E-state index contributed by atoms with van der Waals surface area (Å²) in [5, 5.41) is 3.43. The van der Waals surface area contributed by atoms with Crippen molar-refractivity contribution < 1.29 is 4.74 Å². The first kappa shape index (κ1) is 23.2. The van der Waals surface area contributed by atoms with Crippen molar-refractivity contribution in [3.63, 3.8) is 0 Å². The number of benzene rings is 1. The molecule has 1 aromatic rings. The maximum atomic E-state index is 5.59. The quantitative estimate of drug-likeness (QED) is 0.272. The van der Waals surface area contributed by atoms with E-state index in [4.69, 9.17) is 9.73 Å². The minimum Gasteiger partial charge on any atom is -0.379 e. The van der Waals surface area contributed by atoms with Gasteiger partial charge in [0.1, 0.15) is 0 Å². The molecule has 1 aromatic carbocycles. The van der Waals surface area contributed by atoms with E-state index < -0.39 is 0 Å². The van der Waals surface area contributed by atoms with E-state index >= 15 is 0 Å². The SMILES string of the molecule is CCNC(=NCCCOC(C)C)N1CCN(Cc2ccccc2)CC1.I. The second-order valence-electron chi connectivity index (χ2n) is 6.76. The van der Waals surface area contributed by atoms with Gasteiger partial charge in [-0.1, -0.05) is 30.3 Å². The number of piperazine rings is 1. The van der Waals surface area contributed by atoms with Gasteiger partial charge in [-0.25, -0.2) is 0 Å². The molecular formula is C20H35IN4O. The Balaban J connectivity index is 0.00000338. The van der Waals surface area contributed by atoms with Crippen LogP contribution in [0.3, 0.4) is 0 Å². The second kappa shape index (κ2) is 13.3. The summed E-state index contributed by atoms with van der Waals surface area (Å²) in [6, 6.07) is 10.7. The van der Waals surface area contributed by atoms with Crippen LogP contribution in [-0.2, 0) is 11.3 Å². The van der Waals surface area contributed by atoms with Gasteiger partial charge in [-0.15, -0.1) is 24.0 Å². The van der Waals surface area contributed by atoms with E-state index in [-0.39, 0.29) is 24.0 Å². The number of halogens is 1. The highest BCUT2D eigenvalue weighted by molar-refractivity contribution is 14.0. The number of hydrogen-bond acceptors (Lipinski definition) is 3. The molecule has 1 N–H and O–H groups in total. The van der Waals surface area contributed by atoms with Gasteiger partial charge in [0.05, 0.1) is 6.10 Å². The highest BCUT2D eigenvalue weighted by atomic mass is 127. The lowest BCUT2D eigenvalue weighted by Crippen LogP contribution is -2.52. The Morgan fingerprint density at radius 3 is 2.46 bits per heavy atom. The molecule has 1 fully saturated rings. The molecule has 2 rings (SSSR count). The van der Waals surface area contributed by atoms with Crippen LogP contribution in [0.4, 0.5) is 0 Å². The van der Waals surface area contributed by atoms with Crippen molar-refractivity contribution in [1.29, 1.82) is 0 Å². The summed E-state index contributed by atoms with van der Waals surface area (Å²) in [4.78, 5) is 9.68. The molecule has 5 nitrogen and oxygen atoms in total. The van der Waals surface area contributed by atoms with Gasteiger partial charge >= 0.3 is 0 Å². The molecular weight excluding hydrogens is 439 g/mol. The molecule has 1 saturated heterocycles. The number of nitrogens with zero attached hydrogens (tertiary/aromatic N) is 3. The van der Waals surface area contributed by atoms with E-state index in [9.17, 15) is 0 Å². The topological polar surface area (TPSA) is 40.1 Å². The fourth-order valence-electron chi connectivity index (χ4n) is 2.95. The predicted molar refractivity (Wildman–Crippen MR) is 120 cm³/mol. The lowest BCUT2D eigenvalue weighted by Gasteiger charge is -2.36. The molecule has 0 aliphatic carbocycles. The average molecular weight is 474 g/mol. The Labute approximate surface area is 176 Å². The summed E-state index contributed by atoms with van der Waals surface area (Å²) < 4.78 is 5.59. The largest absolute Gasteiger partial charge is 0.379 e. The average Bonchev–Trinajstić information content (AvgIpc) is 2.62. The maximum absolute atomic E-state index is 5.59. The van der Waals surface area contributed by atoms with E-state index in [0.717, 1.165) is 64.8 Å². The highest BCUT2D eigenvalue weighted by Crippen LogP contribution is 2.08. The van der Waals surface area contributed by atoms with Crippen LogP contribution in [0.5, 0.6) is 0 Å². The van der Waals surface area contributed by atoms with Crippen LogP contribution in [0, 0.1) is 0 Å². The van der Waals surface area contributed by atoms with Crippen LogP contribution >= 0.6 is 24.0 Å². The van der Waals surface area contributed by atoms with Gasteiger partial charge in [-0.3, -0.25) is 9.89 Å². The highest BCUT2D eigenvalue weighted by Gasteiger charge is 2.19. The molecule has 0 unspecified atom stereocenters. The molecule has 6 heteroatoms. The standard InChI is InChI=1S/C20H34N4O.HI/c1-4-21-20(22-11-8-16-25-18(2)3)24-14-12-23(13-15-24)17-19-9-6-5-7-10-19;/h5-7,9-10,18H,4,8,11-17H2,1-3H3,(H,21,22);1H. The first-order chi connectivity index (χ1) is 12.2. The van der Waals surface area contributed by atoms with E-state index in [1.807, 2.05) is 0 Å². The Kier molecular flexibility index (Phi) is 11.9. The number of aliphatic imine (C=N–C) groups is 1. The first-order valence-corrected chi connectivity index (χ1v) is 9.60. The molecule has 0 amide bonds. The number of rotatable bonds is 8. The number of ether oxygens (including phenoxy) is 1. The van der Waals surface area contributed by atoms with Gasteiger partial charge in [-0.2, -0.15) is 0 Å². The third-order valence-corrected chi connectivity index (χ3v) is 4.27. The normalized spacial score (nSPS) is 15.8. The summed E-state index contributed by atoms with van der Waals surface area (Å²) in [5.74, 6) is 1.05. The minimum absolute atomic E-state index is 0. The van der Waals surface area contributed by atoms with Crippen molar-refractivity contribution in [2.75, 3.05) is 45.9 Å².